The Bertz CT molecular complexity index is 476. The van der Waals surface area contributed by atoms with Gasteiger partial charge in [-0.2, -0.15) is 13.2 Å². The molecule has 0 fully saturated rings. The SMILES string of the molecule is CC(CCCl)CNC(=O)c1ccc(F)c(C(F)(F)F)c1. The van der Waals surface area contributed by atoms with Crippen LogP contribution in [0, 0.1) is 11.7 Å². The van der Waals surface area contributed by atoms with Crippen LogP contribution in [0.5, 0.6) is 0 Å². The summed E-state index contributed by atoms with van der Waals surface area (Å²) in [5.74, 6) is -1.52. The summed E-state index contributed by atoms with van der Waals surface area (Å²) in [6, 6.07) is 2.17. The summed E-state index contributed by atoms with van der Waals surface area (Å²) in [5, 5.41) is 2.49. The number of halogens is 5. The third kappa shape index (κ3) is 4.67. The van der Waals surface area contributed by atoms with E-state index in [4.69, 9.17) is 11.6 Å². The molecule has 0 saturated carbocycles. The monoisotopic (exact) mass is 311 g/mol. The molecule has 1 amide bonds. The van der Waals surface area contributed by atoms with Gasteiger partial charge in [0.2, 0.25) is 0 Å². The van der Waals surface area contributed by atoms with Crippen molar-refractivity contribution >= 4 is 17.5 Å². The van der Waals surface area contributed by atoms with Crippen molar-refractivity contribution in [1.82, 2.24) is 5.32 Å². The van der Waals surface area contributed by atoms with Crippen molar-refractivity contribution in [3.63, 3.8) is 0 Å². The van der Waals surface area contributed by atoms with Gasteiger partial charge in [0.15, 0.2) is 0 Å². The summed E-state index contributed by atoms with van der Waals surface area (Å²) >= 11 is 5.54. The van der Waals surface area contributed by atoms with Crippen LogP contribution in [0.2, 0.25) is 0 Å². The molecule has 112 valence electrons. The zero-order valence-electron chi connectivity index (χ0n) is 10.7. The lowest BCUT2D eigenvalue weighted by molar-refractivity contribution is -0.140. The lowest BCUT2D eigenvalue weighted by atomic mass is 10.1. The summed E-state index contributed by atoms with van der Waals surface area (Å²) < 4.78 is 50.6. The average Bonchev–Trinajstić information content (AvgIpc) is 2.35. The zero-order valence-corrected chi connectivity index (χ0v) is 11.5. The summed E-state index contributed by atoms with van der Waals surface area (Å²) in [5.41, 5.74) is -1.67. The number of hydrogen-bond acceptors (Lipinski definition) is 1. The van der Waals surface area contributed by atoms with Gasteiger partial charge in [0, 0.05) is 18.0 Å². The summed E-state index contributed by atoms with van der Waals surface area (Å²) in [7, 11) is 0. The highest BCUT2D eigenvalue weighted by Gasteiger charge is 2.34. The van der Waals surface area contributed by atoms with Gasteiger partial charge in [0.25, 0.3) is 5.91 Å². The number of alkyl halides is 4. The van der Waals surface area contributed by atoms with E-state index < -0.39 is 23.5 Å². The third-order valence-electron chi connectivity index (χ3n) is 2.75. The molecule has 1 rings (SSSR count). The Balaban J connectivity index is 2.79. The van der Waals surface area contributed by atoms with Crippen LogP contribution < -0.4 is 5.32 Å². The van der Waals surface area contributed by atoms with Crippen LogP contribution >= 0.6 is 11.6 Å². The summed E-state index contributed by atoms with van der Waals surface area (Å²) in [6.07, 6.45) is -4.15. The zero-order chi connectivity index (χ0) is 15.3. The normalized spacial score (nSPS) is 13.1. The van der Waals surface area contributed by atoms with Gasteiger partial charge >= 0.3 is 6.18 Å². The number of carbonyl (C=O) groups excluding carboxylic acids is 1. The maximum Gasteiger partial charge on any atom is 0.419 e. The van der Waals surface area contributed by atoms with Gasteiger partial charge in [0.05, 0.1) is 5.56 Å². The smallest absolute Gasteiger partial charge is 0.352 e. The quantitative estimate of drug-likeness (QED) is 0.649. The standard InChI is InChI=1S/C13H14ClF4NO/c1-8(4-5-14)7-19-12(20)9-2-3-11(15)10(6-9)13(16,17)18/h2-3,6,8H,4-5,7H2,1H3,(H,19,20). The summed E-state index contributed by atoms with van der Waals surface area (Å²) in [6.45, 7) is 2.15. The predicted molar refractivity (Wildman–Crippen MR) is 68.2 cm³/mol. The lowest BCUT2D eigenvalue weighted by Gasteiger charge is -2.13. The van der Waals surface area contributed by atoms with Gasteiger partial charge in [-0.25, -0.2) is 4.39 Å². The largest absolute Gasteiger partial charge is 0.419 e. The van der Waals surface area contributed by atoms with Gasteiger partial charge in [-0.05, 0) is 30.5 Å². The van der Waals surface area contributed by atoms with Crippen LogP contribution in [0.25, 0.3) is 0 Å². The van der Waals surface area contributed by atoms with Crippen molar-refractivity contribution in [2.24, 2.45) is 5.92 Å². The van der Waals surface area contributed by atoms with Gasteiger partial charge < -0.3 is 5.32 Å². The highest BCUT2D eigenvalue weighted by Crippen LogP contribution is 2.31. The fourth-order valence-electron chi connectivity index (χ4n) is 1.54. The van der Waals surface area contributed by atoms with Gasteiger partial charge in [-0.1, -0.05) is 6.92 Å². The van der Waals surface area contributed by atoms with E-state index in [0.29, 0.717) is 31.0 Å². The Labute approximate surface area is 119 Å². The van der Waals surface area contributed by atoms with E-state index in [1.54, 1.807) is 0 Å². The molecule has 0 bridgehead atoms. The first kappa shape index (κ1) is 16.8. The molecule has 0 aliphatic heterocycles. The Hall–Kier alpha value is -1.30. The fraction of sp³-hybridized carbons (Fsp3) is 0.462. The van der Waals surface area contributed by atoms with E-state index in [2.05, 4.69) is 5.32 Å². The van der Waals surface area contributed by atoms with Crippen molar-refractivity contribution in [3.05, 3.63) is 35.1 Å². The Kier molecular flexibility index (Phi) is 5.80. The van der Waals surface area contributed by atoms with Crippen LogP contribution in [0.1, 0.15) is 29.3 Å². The topological polar surface area (TPSA) is 29.1 Å². The minimum absolute atomic E-state index is 0.110. The number of carbonyl (C=O) groups is 1. The highest BCUT2D eigenvalue weighted by molar-refractivity contribution is 6.17. The number of benzene rings is 1. The van der Waals surface area contributed by atoms with E-state index in [0.717, 1.165) is 6.07 Å². The molecule has 0 saturated heterocycles. The van der Waals surface area contributed by atoms with E-state index in [9.17, 15) is 22.4 Å². The van der Waals surface area contributed by atoms with Crippen molar-refractivity contribution in [1.29, 1.82) is 0 Å². The highest BCUT2D eigenvalue weighted by atomic mass is 35.5. The Morgan fingerprint density at radius 2 is 2.05 bits per heavy atom. The maximum absolute atomic E-state index is 13.1. The molecule has 1 unspecified atom stereocenters. The number of amides is 1. The number of rotatable bonds is 5. The molecule has 0 spiro atoms. The lowest BCUT2D eigenvalue weighted by Crippen LogP contribution is -2.28. The number of hydrogen-bond donors (Lipinski definition) is 1. The van der Waals surface area contributed by atoms with Crippen molar-refractivity contribution in [2.45, 2.75) is 19.5 Å². The average molecular weight is 312 g/mol. The van der Waals surface area contributed by atoms with Crippen LogP contribution in [-0.2, 0) is 6.18 Å². The molecule has 7 heteroatoms. The van der Waals surface area contributed by atoms with Gasteiger partial charge in [0.1, 0.15) is 5.82 Å². The summed E-state index contributed by atoms with van der Waals surface area (Å²) in [4.78, 5) is 11.7. The molecule has 0 radical (unpaired) electrons. The third-order valence-corrected chi connectivity index (χ3v) is 2.97. The molecule has 2 nitrogen and oxygen atoms in total. The van der Waals surface area contributed by atoms with Crippen LogP contribution in [0.4, 0.5) is 17.6 Å². The second-order valence-corrected chi connectivity index (χ2v) is 4.86. The fourth-order valence-corrected chi connectivity index (χ4v) is 1.91. The Morgan fingerprint density at radius 3 is 2.60 bits per heavy atom. The van der Waals surface area contributed by atoms with Crippen molar-refractivity contribution in [3.8, 4) is 0 Å². The molecule has 0 aliphatic carbocycles. The number of nitrogens with one attached hydrogen (secondary N) is 1. The first-order valence-corrected chi connectivity index (χ1v) is 6.50. The molecule has 1 N–H and O–H groups in total. The van der Waals surface area contributed by atoms with Crippen LogP contribution in [0.15, 0.2) is 18.2 Å². The molecule has 1 aromatic carbocycles. The molecule has 0 heterocycles. The maximum atomic E-state index is 13.1. The second-order valence-electron chi connectivity index (χ2n) is 4.49. The van der Waals surface area contributed by atoms with Crippen molar-refractivity contribution in [2.75, 3.05) is 12.4 Å². The minimum Gasteiger partial charge on any atom is -0.352 e. The Morgan fingerprint density at radius 1 is 1.40 bits per heavy atom. The first-order chi connectivity index (χ1) is 9.25. The molecule has 0 aromatic heterocycles. The van der Waals surface area contributed by atoms with Crippen molar-refractivity contribution < 1.29 is 22.4 Å². The predicted octanol–water partition coefficient (Wildman–Crippen LogP) is 3.84. The van der Waals surface area contributed by atoms with Gasteiger partial charge in [-0.15, -0.1) is 11.6 Å². The molecule has 1 atom stereocenters. The van der Waals surface area contributed by atoms with E-state index in [1.807, 2.05) is 6.92 Å². The molecular formula is C13H14ClF4NO. The minimum atomic E-state index is -4.83. The second kappa shape index (κ2) is 6.92. The molecule has 20 heavy (non-hydrogen) atoms. The van der Waals surface area contributed by atoms with Crippen LogP contribution in [-0.4, -0.2) is 18.3 Å². The van der Waals surface area contributed by atoms with Crippen LogP contribution in [0.3, 0.4) is 0 Å². The molecule has 1 aromatic rings. The van der Waals surface area contributed by atoms with E-state index in [-0.39, 0.29) is 11.5 Å². The molecule has 0 aliphatic rings. The van der Waals surface area contributed by atoms with Gasteiger partial charge in [-0.3, -0.25) is 4.79 Å². The first-order valence-electron chi connectivity index (χ1n) is 5.96. The molecular weight excluding hydrogens is 298 g/mol. The van der Waals surface area contributed by atoms with E-state index >= 15 is 0 Å². The van der Waals surface area contributed by atoms with E-state index in [1.165, 1.54) is 0 Å².